The summed E-state index contributed by atoms with van der Waals surface area (Å²) in [5, 5.41) is 28.7. The molecule has 0 bridgehead atoms. The first-order valence-corrected chi connectivity index (χ1v) is 16.5. The molecule has 0 radical (unpaired) electrons. The fraction of sp³-hybridized carbons (Fsp3) is 0.543. The quantitative estimate of drug-likeness (QED) is 0.179. The van der Waals surface area contributed by atoms with Gasteiger partial charge >= 0.3 is 11.9 Å². The number of hydrogen-bond donors (Lipinski definition) is 5. The van der Waals surface area contributed by atoms with Crippen molar-refractivity contribution in [1.29, 1.82) is 0 Å². The van der Waals surface area contributed by atoms with Crippen LogP contribution in [0.1, 0.15) is 71.8 Å². The standard InChI is InChI=1S/C35H46N4O9/c1-5-21(4)30(36-27(40)13-14-28(41)42)32(44)37-29(20(2)3)33(45)39-18-24(17-26(39)31(43)38-35(15-16-35)34(46)47)48-19-23-11-8-10-22-9-6-7-12-25(22)23/h6-12,20-21,24,26,29-30H,5,13-19H2,1-4H3,(H,36,40)(H,37,44)(H,38,43)(H,41,42)(H,46,47)/t21?,24-,26?,29+,30+/m1/s1. The molecule has 260 valence electrons. The molecule has 0 aromatic heterocycles. The average Bonchev–Trinajstić information content (AvgIpc) is 3.72. The third-order valence-electron chi connectivity index (χ3n) is 9.33. The summed E-state index contributed by atoms with van der Waals surface area (Å²) in [6, 6.07) is 10.6. The summed E-state index contributed by atoms with van der Waals surface area (Å²) >= 11 is 0. The van der Waals surface area contributed by atoms with Gasteiger partial charge in [-0.15, -0.1) is 0 Å². The van der Waals surface area contributed by atoms with Crippen LogP contribution in [0.2, 0.25) is 0 Å². The molecule has 2 fully saturated rings. The van der Waals surface area contributed by atoms with Crippen LogP contribution in [0, 0.1) is 11.8 Å². The minimum Gasteiger partial charge on any atom is -0.481 e. The Morgan fingerprint density at radius 2 is 1.62 bits per heavy atom. The van der Waals surface area contributed by atoms with Crippen LogP contribution >= 0.6 is 0 Å². The van der Waals surface area contributed by atoms with E-state index in [1.165, 1.54) is 4.90 Å². The maximum atomic E-state index is 14.2. The molecule has 13 heteroatoms. The monoisotopic (exact) mass is 666 g/mol. The molecule has 1 aliphatic carbocycles. The first-order valence-electron chi connectivity index (χ1n) is 16.5. The van der Waals surface area contributed by atoms with Gasteiger partial charge in [0.2, 0.25) is 23.6 Å². The first-order chi connectivity index (χ1) is 22.8. The number of aliphatic carboxylic acids is 2. The predicted octanol–water partition coefficient (Wildman–Crippen LogP) is 2.60. The van der Waals surface area contributed by atoms with Gasteiger partial charge in [0.1, 0.15) is 23.7 Å². The number of nitrogens with zero attached hydrogens (tertiary/aromatic N) is 1. The van der Waals surface area contributed by atoms with Crippen molar-refractivity contribution in [2.45, 2.75) is 103 Å². The number of benzene rings is 2. The summed E-state index contributed by atoms with van der Waals surface area (Å²) in [5.41, 5.74) is -0.419. The van der Waals surface area contributed by atoms with Gasteiger partial charge in [0.25, 0.3) is 0 Å². The Kier molecular flexibility index (Phi) is 11.8. The number of fused-ring (bicyclic) bond motifs is 1. The highest BCUT2D eigenvalue weighted by molar-refractivity contribution is 5.97. The molecule has 2 aliphatic rings. The molecule has 5 atom stereocenters. The van der Waals surface area contributed by atoms with Crippen molar-refractivity contribution in [3.63, 3.8) is 0 Å². The zero-order valence-corrected chi connectivity index (χ0v) is 27.9. The molecular formula is C35H46N4O9. The Morgan fingerprint density at radius 3 is 2.25 bits per heavy atom. The largest absolute Gasteiger partial charge is 0.481 e. The molecule has 4 amide bonds. The van der Waals surface area contributed by atoms with Crippen molar-refractivity contribution in [3.8, 4) is 0 Å². The zero-order chi connectivity index (χ0) is 35.2. The molecule has 1 heterocycles. The molecule has 13 nitrogen and oxygen atoms in total. The highest BCUT2D eigenvalue weighted by atomic mass is 16.5. The topological polar surface area (TPSA) is 191 Å². The van der Waals surface area contributed by atoms with Gasteiger partial charge in [0, 0.05) is 19.4 Å². The lowest BCUT2D eigenvalue weighted by Gasteiger charge is -2.32. The van der Waals surface area contributed by atoms with E-state index < -0.39 is 71.3 Å². The number of nitrogens with one attached hydrogen (secondary N) is 3. The van der Waals surface area contributed by atoms with Gasteiger partial charge in [-0.3, -0.25) is 24.0 Å². The van der Waals surface area contributed by atoms with Crippen LogP contribution in [0.15, 0.2) is 42.5 Å². The van der Waals surface area contributed by atoms with Gasteiger partial charge in [-0.05, 0) is 41.0 Å². The van der Waals surface area contributed by atoms with Gasteiger partial charge in [0.15, 0.2) is 0 Å². The number of amides is 4. The molecule has 48 heavy (non-hydrogen) atoms. The number of carbonyl (C=O) groups excluding carboxylic acids is 4. The van der Waals surface area contributed by atoms with Crippen LogP contribution < -0.4 is 16.0 Å². The number of hydrogen-bond acceptors (Lipinski definition) is 7. The number of likely N-dealkylation sites (tertiary alicyclic amines) is 1. The minimum atomic E-state index is -1.36. The first kappa shape index (κ1) is 36.3. The molecule has 1 aliphatic heterocycles. The van der Waals surface area contributed by atoms with E-state index in [0.29, 0.717) is 6.42 Å². The predicted molar refractivity (Wildman–Crippen MR) is 175 cm³/mol. The van der Waals surface area contributed by atoms with E-state index >= 15 is 0 Å². The lowest BCUT2D eigenvalue weighted by atomic mass is 9.96. The van der Waals surface area contributed by atoms with Crippen molar-refractivity contribution in [2.75, 3.05) is 6.54 Å². The Bertz CT molecular complexity index is 1530. The zero-order valence-electron chi connectivity index (χ0n) is 27.9. The van der Waals surface area contributed by atoms with Crippen LogP contribution in [0.3, 0.4) is 0 Å². The third-order valence-corrected chi connectivity index (χ3v) is 9.33. The van der Waals surface area contributed by atoms with Gasteiger partial charge in [0.05, 0.1) is 19.1 Å². The van der Waals surface area contributed by atoms with Gasteiger partial charge in [-0.1, -0.05) is 76.6 Å². The van der Waals surface area contributed by atoms with E-state index in [1.54, 1.807) is 20.8 Å². The van der Waals surface area contributed by atoms with Crippen LogP contribution in [-0.2, 0) is 40.1 Å². The summed E-state index contributed by atoms with van der Waals surface area (Å²) in [4.78, 5) is 78.0. The lowest BCUT2D eigenvalue weighted by Crippen LogP contribution is -2.60. The number of carboxylic acids is 2. The summed E-state index contributed by atoms with van der Waals surface area (Å²) < 4.78 is 6.27. The minimum absolute atomic E-state index is 0.0432. The Morgan fingerprint density at radius 1 is 0.938 bits per heavy atom. The fourth-order valence-electron chi connectivity index (χ4n) is 5.98. The summed E-state index contributed by atoms with van der Waals surface area (Å²) in [5.74, 6) is -5.36. The van der Waals surface area contributed by atoms with Crippen molar-refractivity contribution in [3.05, 3.63) is 48.0 Å². The van der Waals surface area contributed by atoms with E-state index in [0.717, 1.165) is 16.3 Å². The highest BCUT2D eigenvalue weighted by Crippen LogP contribution is 2.36. The molecule has 0 spiro atoms. The second kappa shape index (κ2) is 15.6. The molecule has 2 aromatic carbocycles. The van der Waals surface area contributed by atoms with E-state index in [4.69, 9.17) is 9.84 Å². The second-order valence-electron chi connectivity index (χ2n) is 13.2. The Balaban J connectivity index is 1.53. The van der Waals surface area contributed by atoms with Crippen LogP contribution in [-0.4, -0.2) is 87.0 Å². The number of carboxylic acid groups (broad SMARTS) is 2. The maximum absolute atomic E-state index is 14.2. The van der Waals surface area contributed by atoms with Crippen molar-refractivity contribution < 1.29 is 43.7 Å². The molecule has 5 N–H and O–H groups in total. The van der Waals surface area contributed by atoms with E-state index in [2.05, 4.69) is 16.0 Å². The second-order valence-corrected chi connectivity index (χ2v) is 13.2. The van der Waals surface area contributed by atoms with Crippen molar-refractivity contribution >= 4 is 46.3 Å². The Hall–Kier alpha value is -4.52. The average molecular weight is 667 g/mol. The van der Waals surface area contributed by atoms with Crippen molar-refractivity contribution in [1.82, 2.24) is 20.9 Å². The molecule has 2 aromatic rings. The molecule has 2 unspecified atom stereocenters. The van der Waals surface area contributed by atoms with E-state index in [9.17, 15) is 33.9 Å². The Labute approximate surface area is 279 Å². The maximum Gasteiger partial charge on any atom is 0.329 e. The molecule has 4 rings (SSSR count). The van der Waals surface area contributed by atoms with E-state index in [-0.39, 0.29) is 51.2 Å². The SMILES string of the molecule is CCC(C)[C@H](NC(=O)CCC(=O)O)C(=O)N[C@H](C(=O)N1C[C@H](OCc2cccc3ccccc23)CC1C(=O)NC1(C(=O)O)CC1)C(C)C. The summed E-state index contributed by atoms with van der Waals surface area (Å²) in [6.07, 6.45) is -0.0120. The lowest BCUT2D eigenvalue weighted by molar-refractivity contribution is -0.146. The highest BCUT2D eigenvalue weighted by Gasteiger charge is 2.54. The fourth-order valence-corrected chi connectivity index (χ4v) is 5.98. The third kappa shape index (κ3) is 8.68. The normalized spacial score (nSPS) is 20.1. The van der Waals surface area contributed by atoms with Crippen LogP contribution in [0.25, 0.3) is 10.8 Å². The molecule has 1 saturated heterocycles. The van der Waals surface area contributed by atoms with Crippen LogP contribution in [0.5, 0.6) is 0 Å². The van der Waals surface area contributed by atoms with Gasteiger partial charge < -0.3 is 35.8 Å². The van der Waals surface area contributed by atoms with Gasteiger partial charge in [-0.2, -0.15) is 0 Å². The summed E-state index contributed by atoms with van der Waals surface area (Å²) in [6.45, 7) is 7.37. The van der Waals surface area contributed by atoms with Gasteiger partial charge in [-0.25, -0.2) is 4.79 Å². The number of ether oxygens (including phenoxy) is 1. The number of carbonyl (C=O) groups is 6. The van der Waals surface area contributed by atoms with Crippen LogP contribution in [0.4, 0.5) is 0 Å². The summed E-state index contributed by atoms with van der Waals surface area (Å²) in [7, 11) is 0. The van der Waals surface area contributed by atoms with Crippen molar-refractivity contribution in [2.24, 2.45) is 11.8 Å². The molecular weight excluding hydrogens is 620 g/mol. The smallest absolute Gasteiger partial charge is 0.329 e. The number of rotatable bonds is 16. The molecule has 1 saturated carbocycles. The van der Waals surface area contributed by atoms with E-state index in [1.807, 2.05) is 49.4 Å².